The highest BCUT2D eigenvalue weighted by molar-refractivity contribution is 7.78. The molecule has 0 bridgehead atoms. The van der Waals surface area contributed by atoms with E-state index in [1.54, 1.807) is 26.0 Å². The Morgan fingerprint density at radius 2 is 1.68 bits per heavy atom. The van der Waals surface area contributed by atoms with Crippen LogP contribution in [0.1, 0.15) is 33.6 Å². The first-order valence-electron chi connectivity index (χ1n) is 7.18. The van der Waals surface area contributed by atoms with E-state index in [-0.39, 0.29) is 6.09 Å². The zero-order chi connectivity index (χ0) is 17.3. The van der Waals surface area contributed by atoms with Gasteiger partial charge in [0.1, 0.15) is 5.60 Å². The van der Waals surface area contributed by atoms with Crippen molar-refractivity contribution in [2.24, 2.45) is 4.99 Å². The van der Waals surface area contributed by atoms with Crippen molar-refractivity contribution in [1.29, 1.82) is 0 Å². The summed E-state index contributed by atoms with van der Waals surface area (Å²) in [7, 11) is 5.26. The van der Waals surface area contributed by atoms with Crippen molar-refractivity contribution in [1.82, 2.24) is 14.1 Å². The predicted molar refractivity (Wildman–Crippen MR) is 91.4 cm³/mol. The van der Waals surface area contributed by atoms with Gasteiger partial charge in [0.05, 0.1) is 6.34 Å². The van der Waals surface area contributed by atoms with Crippen molar-refractivity contribution >= 4 is 31.3 Å². The highest BCUT2D eigenvalue weighted by atomic mass is 32.1. The molecule has 0 aromatic heterocycles. The van der Waals surface area contributed by atoms with Crippen molar-refractivity contribution in [3.63, 3.8) is 0 Å². The second kappa shape index (κ2) is 9.55. The van der Waals surface area contributed by atoms with E-state index in [0.29, 0.717) is 13.1 Å². The van der Waals surface area contributed by atoms with Crippen LogP contribution in [0.3, 0.4) is 0 Å². The van der Waals surface area contributed by atoms with Gasteiger partial charge in [0, 0.05) is 34.2 Å². The summed E-state index contributed by atoms with van der Waals surface area (Å²) in [6.45, 7) is 6.52. The number of carbonyl (C=O) groups excluding carboxylic acids is 2. The number of urea groups is 1. The molecule has 128 valence electrons. The molecule has 0 atom stereocenters. The Balaban J connectivity index is 3.97. The lowest BCUT2D eigenvalue weighted by Crippen LogP contribution is -2.35. The molecular formula is C14H28N4O3S. The van der Waals surface area contributed by atoms with E-state index >= 15 is 0 Å². The number of aliphatic imine (C=N–C) groups is 1. The number of hydrogen-bond donors (Lipinski definition) is 1. The molecule has 0 aliphatic rings. The van der Waals surface area contributed by atoms with E-state index < -0.39 is 11.6 Å². The maximum Gasteiger partial charge on any atom is 0.410 e. The third-order valence-electron chi connectivity index (χ3n) is 2.44. The molecule has 0 rings (SSSR count). The van der Waals surface area contributed by atoms with Crippen LogP contribution in [-0.2, 0) is 4.74 Å². The minimum Gasteiger partial charge on any atom is -0.444 e. The van der Waals surface area contributed by atoms with Gasteiger partial charge in [-0.15, -0.1) is 0 Å². The van der Waals surface area contributed by atoms with Crippen LogP contribution in [-0.4, -0.2) is 72.4 Å². The smallest absolute Gasteiger partial charge is 0.410 e. The molecule has 0 N–H and O–H groups in total. The van der Waals surface area contributed by atoms with E-state index in [4.69, 9.17) is 4.74 Å². The van der Waals surface area contributed by atoms with Gasteiger partial charge in [-0.3, -0.25) is 4.31 Å². The first-order valence-corrected chi connectivity index (χ1v) is 7.58. The van der Waals surface area contributed by atoms with Crippen molar-refractivity contribution < 1.29 is 14.3 Å². The average Bonchev–Trinajstić information content (AvgIpc) is 2.38. The molecule has 0 aromatic carbocycles. The van der Waals surface area contributed by atoms with Crippen LogP contribution in [0.2, 0.25) is 0 Å². The second-order valence-electron chi connectivity index (χ2n) is 6.22. The normalized spacial score (nSPS) is 11.4. The molecule has 0 heterocycles. The van der Waals surface area contributed by atoms with Gasteiger partial charge in [-0.05, 0) is 33.6 Å². The Hall–Kier alpha value is -1.44. The summed E-state index contributed by atoms with van der Waals surface area (Å²) in [5.74, 6) is 0. The third kappa shape index (κ3) is 10.3. The maximum atomic E-state index is 11.7. The van der Waals surface area contributed by atoms with E-state index in [9.17, 15) is 9.59 Å². The summed E-state index contributed by atoms with van der Waals surface area (Å²) < 4.78 is 6.51. The van der Waals surface area contributed by atoms with Gasteiger partial charge in [0.15, 0.2) is 0 Å². The molecule has 0 saturated carbocycles. The number of carbonyl (C=O) groups is 2. The number of thiol groups is 1. The van der Waals surface area contributed by atoms with Crippen LogP contribution in [0.4, 0.5) is 9.59 Å². The first-order chi connectivity index (χ1) is 10.0. The Morgan fingerprint density at radius 1 is 1.14 bits per heavy atom. The Morgan fingerprint density at radius 3 is 2.18 bits per heavy atom. The van der Waals surface area contributed by atoms with Gasteiger partial charge >= 0.3 is 12.1 Å². The van der Waals surface area contributed by atoms with Crippen LogP contribution < -0.4 is 0 Å². The number of hydrogen-bond acceptors (Lipinski definition) is 4. The zero-order valence-electron chi connectivity index (χ0n) is 14.4. The van der Waals surface area contributed by atoms with Crippen molar-refractivity contribution in [2.75, 3.05) is 34.2 Å². The number of ether oxygens (including phenoxy) is 1. The van der Waals surface area contributed by atoms with Crippen molar-refractivity contribution in [2.45, 2.75) is 39.2 Å². The standard InChI is InChI=1S/C14H28N4O3S/c1-14(2,3)21-13(20)17(6)9-7-8-10-18(22)12(19)15-11-16(4)5/h11,22H,7-10H2,1-6H3. The van der Waals surface area contributed by atoms with Crippen LogP contribution in [0.15, 0.2) is 4.99 Å². The molecule has 0 saturated heterocycles. The largest absolute Gasteiger partial charge is 0.444 e. The number of unbranched alkanes of at least 4 members (excludes halogenated alkanes) is 1. The average molecular weight is 332 g/mol. The molecule has 0 spiro atoms. The maximum absolute atomic E-state index is 11.7. The van der Waals surface area contributed by atoms with Gasteiger partial charge in [-0.25, -0.2) is 9.59 Å². The van der Waals surface area contributed by atoms with Crippen molar-refractivity contribution in [3.05, 3.63) is 0 Å². The van der Waals surface area contributed by atoms with Crippen molar-refractivity contribution in [3.8, 4) is 0 Å². The summed E-state index contributed by atoms with van der Waals surface area (Å²) >= 11 is 4.10. The van der Waals surface area contributed by atoms with Gasteiger partial charge < -0.3 is 14.5 Å². The molecule has 3 amide bonds. The lowest BCUT2D eigenvalue weighted by molar-refractivity contribution is 0.0296. The van der Waals surface area contributed by atoms with Gasteiger partial charge in [-0.1, -0.05) is 12.8 Å². The summed E-state index contributed by atoms with van der Waals surface area (Å²) in [5, 5.41) is 0. The fourth-order valence-electron chi connectivity index (χ4n) is 1.37. The fourth-order valence-corrected chi connectivity index (χ4v) is 1.56. The molecule has 7 nitrogen and oxygen atoms in total. The molecule has 0 aromatic rings. The fraction of sp³-hybridized carbons (Fsp3) is 0.786. The molecule has 0 aliphatic carbocycles. The summed E-state index contributed by atoms with van der Waals surface area (Å²) in [6, 6.07) is -0.405. The Bertz CT molecular complexity index is 394. The van der Waals surface area contributed by atoms with Crippen LogP contribution in [0.5, 0.6) is 0 Å². The predicted octanol–water partition coefficient (Wildman–Crippen LogP) is 2.49. The van der Waals surface area contributed by atoms with E-state index in [2.05, 4.69) is 17.8 Å². The Kier molecular flexibility index (Phi) is 8.93. The number of nitrogens with zero attached hydrogens (tertiary/aromatic N) is 4. The van der Waals surface area contributed by atoms with Crippen LogP contribution >= 0.6 is 12.8 Å². The van der Waals surface area contributed by atoms with E-state index in [1.807, 2.05) is 20.8 Å². The SMILES string of the molecule is CN(C)C=NC(=O)N(S)CCCCN(C)C(=O)OC(C)(C)C. The minimum absolute atomic E-state index is 0.345. The summed E-state index contributed by atoms with van der Waals surface area (Å²) in [5.41, 5.74) is -0.496. The summed E-state index contributed by atoms with van der Waals surface area (Å²) in [4.78, 5) is 30.3. The van der Waals surface area contributed by atoms with E-state index in [1.165, 1.54) is 15.5 Å². The topological polar surface area (TPSA) is 65.5 Å². The number of amides is 3. The number of rotatable bonds is 6. The lowest BCUT2D eigenvalue weighted by atomic mass is 10.2. The van der Waals surface area contributed by atoms with E-state index in [0.717, 1.165) is 12.8 Å². The monoisotopic (exact) mass is 332 g/mol. The third-order valence-corrected chi connectivity index (χ3v) is 2.81. The molecule has 0 unspecified atom stereocenters. The van der Waals surface area contributed by atoms with Crippen LogP contribution in [0, 0.1) is 0 Å². The Labute approximate surface area is 138 Å². The quantitative estimate of drug-likeness (QED) is 0.351. The highest BCUT2D eigenvalue weighted by Crippen LogP contribution is 2.09. The zero-order valence-corrected chi connectivity index (χ0v) is 15.3. The summed E-state index contributed by atoms with van der Waals surface area (Å²) in [6.07, 6.45) is 2.56. The van der Waals surface area contributed by atoms with Gasteiger partial charge in [0.25, 0.3) is 0 Å². The molecule has 22 heavy (non-hydrogen) atoms. The molecule has 0 radical (unpaired) electrons. The van der Waals surface area contributed by atoms with Gasteiger partial charge in [0.2, 0.25) is 0 Å². The molecule has 0 aliphatic heterocycles. The highest BCUT2D eigenvalue weighted by Gasteiger charge is 2.19. The lowest BCUT2D eigenvalue weighted by Gasteiger charge is -2.24. The minimum atomic E-state index is -0.496. The molecule has 0 fully saturated rings. The van der Waals surface area contributed by atoms with Crippen LogP contribution in [0.25, 0.3) is 0 Å². The second-order valence-corrected chi connectivity index (χ2v) is 6.71. The van der Waals surface area contributed by atoms with Gasteiger partial charge in [-0.2, -0.15) is 4.99 Å². The first kappa shape index (κ1) is 20.6. The molecule has 8 heteroatoms. The molecular weight excluding hydrogens is 304 g/mol.